The molecule has 5 heteroatoms. The number of hydrogen-bond acceptors (Lipinski definition) is 4. The molecule has 1 atom stereocenters. The van der Waals surface area contributed by atoms with Gasteiger partial charge in [-0.05, 0) is 51.7 Å². The molecular formula is C19H28N2O3. The fraction of sp³-hybridized carbons (Fsp3) is 0.632. The van der Waals surface area contributed by atoms with Gasteiger partial charge in [0, 0.05) is 19.1 Å². The third kappa shape index (κ3) is 4.41. The van der Waals surface area contributed by atoms with Crippen molar-refractivity contribution in [2.24, 2.45) is 0 Å². The zero-order chi connectivity index (χ0) is 16.9. The number of nitrogens with zero attached hydrogens (tertiary/aromatic N) is 1. The quantitative estimate of drug-likeness (QED) is 0.834. The maximum atomic E-state index is 12.2. The van der Waals surface area contributed by atoms with Gasteiger partial charge in [0.1, 0.15) is 6.10 Å². The van der Waals surface area contributed by atoms with Crippen molar-refractivity contribution < 1.29 is 14.3 Å². The molecule has 3 rings (SSSR count). The highest BCUT2D eigenvalue weighted by Gasteiger charge is 2.31. The molecule has 5 nitrogen and oxygen atoms in total. The van der Waals surface area contributed by atoms with Gasteiger partial charge in [0.15, 0.2) is 11.5 Å². The van der Waals surface area contributed by atoms with E-state index in [2.05, 4.69) is 10.2 Å². The molecule has 1 heterocycles. The number of ether oxygens (including phenoxy) is 2. The molecule has 1 N–H and O–H groups in total. The number of benzene rings is 1. The maximum absolute atomic E-state index is 12.2. The Kier molecular flexibility index (Phi) is 5.61. The Morgan fingerprint density at radius 1 is 1.21 bits per heavy atom. The molecule has 1 aliphatic heterocycles. The fourth-order valence-corrected chi connectivity index (χ4v) is 3.10. The van der Waals surface area contributed by atoms with Crippen molar-refractivity contribution in [1.29, 1.82) is 0 Å². The first-order chi connectivity index (χ1) is 11.7. The number of rotatable bonds is 7. The van der Waals surface area contributed by atoms with E-state index >= 15 is 0 Å². The zero-order valence-corrected chi connectivity index (χ0v) is 14.7. The predicted octanol–water partition coefficient (Wildman–Crippen LogP) is 2.60. The molecule has 1 aromatic rings. The van der Waals surface area contributed by atoms with E-state index in [0.29, 0.717) is 12.6 Å². The Hall–Kier alpha value is -1.75. The number of para-hydroxylation sites is 2. The van der Waals surface area contributed by atoms with Crippen LogP contribution in [0.2, 0.25) is 0 Å². The minimum Gasteiger partial charge on any atom is -0.490 e. The summed E-state index contributed by atoms with van der Waals surface area (Å²) in [5.74, 6) is 1.79. The van der Waals surface area contributed by atoms with E-state index < -0.39 is 0 Å². The Labute approximate surface area is 144 Å². The van der Waals surface area contributed by atoms with E-state index in [0.717, 1.165) is 50.3 Å². The summed E-state index contributed by atoms with van der Waals surface area (Å²) < 4.78 is 11.8. The van der Waals surface area contributed by atoms with E-state index in [-0.39, 0.29) is 18.1 Å². The van der Waals surface area contributed by atoms with Crippen LogP contribution in [0.3, 0.4) is 0 Å². The largest absolute Gasteiger partial charge is 0.490 e. The molecule has 1 aliphatic carbocycles. The Morgan fingerprint density at radius 2 is 1.88 bits per heavy atom. The molecule has 0 unspecified atom stereocenters. The Morgan fingerprint density at radius 3 is 2.50 bits per heavy atom. The van der Waals surface area contributed by atoms with E-state index in [4.69, 9.17) is 9.47 Å². The average Bonchev–Trinajstić information content (AvgIpc) is 3.41. The third-order valence-corrected chi connectivity index (χ3v) is 4.77. The lowest BCUT2D eigenvalue weighted by molar-refractivity contribution is -0.126. The summed E-state index contributed by atoms with van der Waals surface area (Å²) in [6.07, 6.45) is 4.31. The molecule has 1 aromatic carbocycles. The van der Waals surface area contributed by atoms with E-state index in [1.807, 2.05) is 38.1 Å². The second-order valence-electron chi connectivity index (χ2n) is 6.69. The number of hydrogen-bond donors (Lipinski definition) is 1. The molecule has 24 heavy (non-hydrogen) atoms. The van der Waals surface area contributed by atoms with Crippen molar-refractivity contribution >= 4 is 5.91 Å². The first-order valence-corrected chi connectivity index (χ1v) is 9.10. The van der Waals surface area contributed by atoms with Gasteiger partial charge in [0.25, 0.3) is 0 Å². The summed E-state index contributed by atoms with van der Waals surface area (Å²) in [4.78, 5) is 14.4. The van der Waals surface area contributed by atoms with Crippen LogP contribution >= 0.6 is 0 Å². The molecule has 2 aliphatic rings. The second kappa shape index (κ2) is 7.88. The standard InChI is InChI=1S/C19H28N2O3/c1-3-23-17-6-4-5-7-18(17)24-16-10-12-21(13-11-16)14(2)19(22)20-15-8-9-15/h4-7,14-16H,3,8-13H2,1-2H3,(H,20,22)/t14-/m1/s1. The lowest BCUT2D eigenvalue weighted by Crippen LogP contribution is -2.50. The number of nitrogens with one attached hydrogen (secondary N) is 1. The smallest absolute Gasteiger partial charge is 0.237 e. The average molecular weight is 332 g/mol. The molecule has 0 radical (unpaired) electrons. The van der Waals surface area contributed by atoms with Crippen molar-refractivity contribution in [3.63, 3.8) is 0 Å². The minimum absolute atomic E-state index is 0.0535. The SMILES string of the molecule is CCOc1ccccc1OC1CCN([C@H](C)C(=O)NC2CC2)CC1. The Balaban J connectivity index is 1.49. The zero-order valence-electron chi connectivity index (χ0n) is 14.7. The number of carbonyl (C=O) groups is 1. The Bertz CT molecular complexity index is 551. The molecule has 0 spiro atoms. The topological polar surface area (TPSA) is 50.8 Å². The normalized spacial score (nSPS) is 20.4. The van der Waals surface area contributed by atoms with Gasteiger partial charge in [-0.3, -0.25) is 9.69 Å². The van der Waals surface area contributed by atoms with Gasteiger partial charge < -0.3 is 14.8 Å². The summed E-state index contributed by atoms with van der Waals surface area (Å²) in [7, 11) is 0. The summed E-state index contributed by atoms with van der Waals surface area (Å²) in [6.45, 7) is 6.39. The third-order valence-electron chi connectivity index (χ3n) is 4.77. The lowest BCUT2D eigenvalue weighted by Gasteiger charge is -2.35. The monoisotopic (exact) mass is 332 g/mol. The van der Waals surface area contributed by atoms with Crippen molar-refractivity contribution in [3.8, 4) is 11.5 Å². The van der Waals surface area contributed by atoms with Gasteiger partial charge in [0.2, 0.25) is 5.91 Å². The maximum Gasteiger partial charge on any atom is 0.237 e. The number of carbonyl (C=O) groups excluding carboxylic acids is 1. The van der Waals surface area contributed by atoms with Crippen LogP contribution in [0.1, 0.15) is 39.5 Å². The van der Waals surface area contributed by atoms with Crippen LogP contribution in [-0.4, -0.2) is 48.7 Å². The van der Waals surface area contributed by atoms with Crippen molar-refractivity contribution in [2.75, 3.05) is 19.7 Å². The van der Waals surface area contributed by atoms with Crippen molar-refractivity contribution in [1.82, 2.24) is 10.2 Å². The van der Waals surface area contributed by atoms with Crippen LogP contribution in [0.15, 0.2) is 24.3 Å². The molecule has 0 bridgehead atoms. The molecule has 1 saturated heterocycles. The van der Waals surface area contributed by atoms with Gasteiger partial charge >= 0.3 is 0 Å². The molecule has 1 saturated carbocycles. The predicted molar refractivity (Wildman–Crippen MR) is 93.5 cm³/mol. The number of piperidine rings is 1. The highest BCUT2D eigenvalue weighted by atomic mass is 16.5. The fourth-order valence-electron chi connectivity index (χ4n) is 3.10. The molecule has 0 aromatic heterocycles. The van der Waals surface area contributed by atoms with Crippen molar-refractivity contribution in [3.05, 3.63) is 24.3 Å². The van der Waals surface area contributed by atoms with Crippen LogP contribution in [-0.2, 0) is 4.79 Å². The lowest BCUT2D eigenvalue weighted by atomic mass is 10.1. The highest BCUT2D eigenvalue weighted by Crippen LogP contribution is 2.29. The molecule has 132 valence electrons. The summed E-state index contributed by atoms with van der Waals surface area (Å²) in [5, 5.41) is 3.10. The van der Waals surface area contributed by atoms with E-state index in [1.165, 1.54) is 0 Å². The number of amides is 1. The molecular weight excluding hydrogens is 304 g/mol. The van der Waals surface area contributed by atoms with E-state index in [1.54, 1.807) is 0 Å². The van der Waals surface area contributed by atoms with Gasteiger partial charge in [-0.1, -0.05) is 12.1 Å². The van der Waals surface area contributed by atoms with Gasteiger partial charge in [-0.25, -0.2) is 0 Å². The molecule has 1 amide bonds. The van der Waals surface area contributed by atoms with E-state index in [9.17, 15) is 4.79 Å². The first kappa shape index (κ1) is 17.1. The van der Waals surface area contributed by atoms with Gasteiger partial charge in [-0.2, -0.15) is 0 Å². The van der Waals surface area contributed by atoms with Gasteiger partial charge in [0.05, 0.1) is 12.6 Å². The van der Waals surface area contributed by atoms with Crippen molar-refractivity contribution in [2.45, 2.75) is 57.7 Å². The minimum atomic E-state index is -0.0535. The number of likely N-dealkylation sites (tertiary alicyclic amines) is 1. The summed E-state index contributed by atoms with van der Waals surface area (Å²) >= 11 is 0. The first-order valence-electron chi connectivity index (χ1n) is 9.10. The van der Waals surface area contributed by atoms with Crippen LogP contribution in [0.5, 0.6) is 11.5 Å². The van der Waals surface area contributed by atoms with Crippen LogP contribution in [0.4, 0.5) is 0 Å². The van der Waals surface area contributed by atoms with Crippen LogP contribution in [0, 0.1) is 0 Å². The summed E-state index contributed by atoms with van der Waals surface area (Å²) in [5.41, 5.74) is 0. The van der Waals surface area contributed by atoms with Crippen LogP contribution in [0.25, 0.3) is 0 Å². The summed E-state index contributed by atoms with van der Waals surface area (Å²) in [6, 6.07) is 8.21. The highest BCUT2D eigenvalue weighted by molar-refractivity contribution is 5.81. The second-order valence-corrected chi connectivity index (χ2v) is 6.69. The van der Waals surface area contributed by atoms with Gasteiger partial charge in [-0.15, -0.1) is 0 Å². The van der Waals surface area contributed by atoms with Crippen LogP contribution < -0.4 is 14.8 Å². The molecule has 2 fully saturated rings.